The number of ether oxygens (including phenoxy) is 1. The number of fused-ring (bicyclic) bond motifs is 1. The average Bonchev–Trinajstić information content (AvgIpc) is 3.43. The van der Waals surface area contributed by atoms with Gasteiger partial charge < -0.3 is 14.8 Å². The van der Waals surface area contributed by atoms with Gasteiger partial charge in [-0.15, -0.1) is 0 Å². The topological polar surface area (TPSA) is 68.8 Å². The molecule has 2 heterocycles. The van der Waals surface area contributed by atoms with Gasteiger partial charge in [-0.3, -0.25) is 9.80 Å². The number of aromatic amines is 1. The van der Waals surface area contributed by atoms with Crippen LogP contribution in [0.5, 0.6) is 5.75 Å². The van der Waals surface area contributed by atoms with Gasteiger partial charge in [0.05, 0.1) is 12.7 Å². The maximum absolute atomic E-state index is 13.9. The quantitative estimate of drug-likeness (QED) is 0.545. The fourth-order valence-corrected chi connectivity index (χ4v) is 4.68. The highest BCUT2D eigenvalue weighted by molar-refractivity contribution is 5.88. The van der Waals surface area contributed by atoms with Gasteiger partial charge in [-0.05, 0) is 55.8 Å². The SMILES string of the molecule is COc1cc(C)c2[nH]ccc2c1CN(C)C(CN1CC[C@@H](F)C1)c1ccc(C(=O)O)cc1. The standard InChI is InChI=1S/C25H30FN3O3/c1-16-12-23(32-3)21(20-8-10-27-24(16)20)14-28(2)22(15-29-11-9-19(26)13-29)17-4-6-18(7-5-17)25(30)31/h4-8,10,12,19,22,27H,9,11,13-15H2,1-3H3,(H,30,31)/t19-,22?/m1/s1. The third kappa shape index (κ3) is 4.49. The zero-order valence-electron chi connectivity index (χ0n) is 18.8. The van der Waals surface area contributed by atoms with Crippen LogP contribution in [-0.2, 0) is 6.54 Å². The number of aromatic carboxylic acids is 1. The number of likely N-dealkylation sites (N-methyl/N-ethyl adjacent to an activating group) is 1. The molecule has 7 heteroatoms. The van der Waals surface area contributed by atoms with E-state index in [1.165, 1.54) is 0 Å². The number of hydrogen-bond donors (Lipinski definition) is 2. The molecule has 3 aromatic rings. The number of carboxylic acid groups (broad SMARTS) is 1. The Kier molecular flexibility index (Phi) is 6.48. The van der Waals surface area contributed by atoms with Gasteiger partial charge in [0.25, 0.3) is 0 Å². The Balaban J connectivity index is 1.66. The number of carbonyl (C=O) groups is 1. The molecule has 6 nitrogen and oxygen atoms in total. The van der Waals surface area contributed by atoms with E-state index in [2.05, 4.69) is 34.8 Å². The molecule has 2 aromatic carbocycles. The molecule has 1 aliphatic rings. The van der Waals surface area contributed by atoms with Crippen molar-refractivity contribution >= 4 is 16.9 Å². The minimum absolute atomic E-state index is 0.0249. The van der Waals surface area contributed by atoms with Crippen LogP contribution >= 0.6 is 0 Å². The summed E-state index contributed by atoms with van der Waals surface area (Å²) in [6.07, 6.45) is 1.71. The Hall–Kier alpha value is -2.90. The number of rotatable bonds is 8. The molecular formula is C25H30FN3O3. The molecule has 0 amide bonds. The van der Waals surface area contributed by atoms with Crippen molar-refractivity contribution in [3.05, 3.63) is 64.8 Å². The Bertz CT molecular complexity index is 1100. The van der Waals surface area contributed by atoms with Gasteiger partial charge >= 0.3 is 5.97 Å². The summed E-state index contributed by atoms with van der Waals surface area (Å²) in [5.41, 5.74) is 4.58. The predicted octanol–water partition coefficient (Wildman–Crippen LogP) is 4.40. The average molecular weight is 440 g/mol. The Morgan fingerprint density at radius 2 is 2.09 bits per heavy atom. The summed E-state index contributed by atoms with van der Waals surface area (Å²) >= 11 is 0. The first-order valence-electron chi connectivity index (χ1n) is 10.9. The molecule has 1 fully saturated rings. The molecule has 1 aliphatic heterocycles. The zero-order chi connectivity index (χ0) is 22.8. The number of H-pyrrole nitrogens is 1. The van der Waals surface area contributed by atoms with E-state index in [1.807, 2.05) is 24.4 Å². The van der Waals surface area contributed by atoms with Crippen molar-refractivity contribution in [2.75, 3.05) is 33.8 Å². The molecule has 1 aromatic heterocycles. The molecule has 2 N–H and O–H groups in total. The van der Waals surface area contributed by atoms with Crippen LogP contribution in [0, 0.1) is 6.92 Å². The molecule has 0 bridgehead atoms. The third-order valence-corrected chi connectivity index (χ3v) is 6.46. The molecular weight excluding hydrogens is 409 g/mol. The molecule has 2 atom stereocenters. The summed E-state index contributed by atoms with van der Waals surface area (Å²) in [7, 11) is 3.74. The third-order valence-electron chi connectivity index (χ3n) is 6.46. The van der Waals surface area contributed by atoms with Gasteiger partial charge in [-0.2, -0.15) is 0 Å². The summed E-state index contributed by atoms with van der Waals surface area (Å²) in [6.45, 7) is 4.54. The minimum atomic E-state index is -0.944. The summed E-state index contributed by atoms with van der Waals surface area (Å²) in [5, 5.41) is 10.4. The van der Waals surface area contributed by atoms with Crippen LogP contribution in [-0.4, -0.2) is 65.8 Å². The second-order valence-electron chi connectivity index (χ2n) is 8.64. The Morgan fingerprint density at radius 1 is 1.34 bits per heavy atom. The van der Waals surface area contributed by atoms with Crippen LogP contribution in [0.4, 0.5) is 4.39 Å². The maximum atomic E-state index is 13.9. The van der Waals surface area contributed by atoms with Gasteiger partial charge in [0.1, 0.15) is 11.9 Å². The Labute approximate surface area is 187 Å². The van der Waals surface area contributed by atoms with Gasteiger partial charge in [0.2, 0.25) is 0 Å². The lowest BCUT2D eigenvalue weighted by atomic mass is 10.0. The predicted molar refractivity (Wildman–Crippen MR) is 123 cm³/mol. The molecule has 0 aliphatic carbocycles. The second-order valence-corrected chi connectivity index (χ2v) is 8.64. The van der Waals surface area contributed by atoms with Crippen molar-refractivity contribution in [1.29, 1.82) is 0 Å². The van der Waals surface area contributed by atoms with Crippen molar-refractivity contribution in [2.24, 2.45) is 0 Å². The fraction of sp³-hybridized carbons (Fsp3) is 0.400. The van der Waals surface area contributed by atoms with E-state index in [4.69, 9.17) is 4.74 Å². The first-order chi connectivity index (χ1) is 15.4. The second kappa shape index (κ2) is 9.30. The molecule has 0 saturated carbocycles. The number of nitrogens with zero attached hydrogens (tertiary/aromatic N) is 2. The van der Waals surface area contributed by atoms with Gasteiger partial charge in [-0.1, -0.05) is 12.1 Å². The Morgan fingerprint density at radius 3 is 2.72 bits per heavy atom. The summed E-state index contributed by atoms with van der Waals surface area (Å²) in [5.74, 6) is -0.105. The van der Waals surface area contributed by atoms with E-state index >= 15 is 0 Å². The molecule has 1 unspecified atom stereocenters. The summed E-state index contributed by atoms with van der Waals surface area (Å²) in [6, 6.07) is 11.1. The molecule has 170 valence electrons. The van der Waals surface area contributed by atoms with E-state index < -0.39 is 12.1 Å². The number of benzene rings is 2. The first kappa shape index (κ1) is 22.3. The van der Waals surface area contributed by atoms with Gasteiger partial charge in [0, 0.05) is 54.9 Å². The van der Waals surface area contributed by atoms with Crippen molar-refractivity contribution in [3.63, 3.8) is 0 Å². The van der Waals surface area contributed by atoms with Crippen LogP contribution in [0.15, 0.2) is 42.6 Å². The first-order valence-corrected chi connectivity index (χ1v) is 10.9. The van der Waals surface area contributed by atoms with Crippen molar-refractivity contribution < 1.29 is 19.0 Å². The van der Waals surface area contributed by atoms with E-state index in [1.54, 1.807) is 19.2 Å². The van der Waals surface area contributed by atoms with Crippen LogP contribution in [0.1, 0.15) is 39.5 Å². The van der Waals surface area contributed by atoms with Crippen LogP contribution in [0.25, 0.3) is 10.9 Å². The molecule has 0 spiro atoms. The van der Waals surface area contributed by atoms with Crippen LogP contribution in [0.3, 0.4) is 0 Å². The van der Waals surface area contributed by atoms with Crippen LogP contribution < -0.4 is 4.74 Å². The minimum Gasteiger partial charge on any atom is -0.496 e. The highest BCUT2D eigenvalue weighted by Crippen LogP contribution is 2.34. The summed E-state index contributed by atoms with van der Waals surface area (Å²) < 4.78 is 19.6. The largest absolute Gasteiger partial charge is 0.496 e. The zero-order valence-corrected chi connectivity index (χ0v) is 18.8. The number of alkyl halides is 1. The lowest BCUT2D eigenvalue weighted by Gasteiger charge is -2.32. The van der Waals surface area contributed by atoms with E-state index in [0.29, 0.717) is 26.1 Å². The van der Waals surface area contributed by atoms with Crippen molar-refractivity contribution in [2.45, 2.75) is 32.1 Å². The number of carboxylic acids is 1. The molecule has 32 heavy (non-hydrogen) atoms. The highest BCUT2D eigenvalue weighted by atomic mass is 19.1. The van der Waals surface area contributed by atoms with Gasteiger partial charge in [-0.25, -0.2) is 9.18 Å². The number of likely N-dealkylation sites (tertiary alicyclic amines) is 1. The molecule has 1 saturated heterocycles. The number of hydrogen-bond acceptors (Lipinski definition) is 4. The number of nitrogens with one attached hydrogen (secondary N) is 1. The summed E-state index contributed by atoms with van der Waals surface area (Å²) in [4.78, 5) is 19.0. The lowest BCUT2D eigenvalue weighted by Crippen LogP contribution is -2.35. The van der Waals surface area contributed by atoms with E-state index in [-0.39, 0.29) is 11.6 Å². The van der Waals surface area contributed by atoms with Crippen molar-refractivity contribution in [3.8, 4) is 5.75 Å². The normalized spacial score (nSPS) is 17.8. The lowest BCUT2D eigenvalue weighted by molar-refractivity contribution is 0.0696. The number of aromatic nitrogens is 1. The highest BCUT2D eigenvalue weighted by Gasteiger charge is 2.28. The van der Waals surface area contributed by atoms with Gasteiger partial charge in [0.15, 0.2) is 0 Å². The fourth-order valence-electron chi connectivity index (χ4n) is 4.68. The smallest absolute Gasteiger partial charge is 0.335 e. The molecule has 0 radical (unpaired) electrons. The monoisotopic (exact) mass is 439 g/mol. The molecule has 4 rings (SSSR count). The van der Waals surface area contributed by atoms with Crippen LogP contribution in [0.2, 0.25) is 0 Å². The van der Waals surface area contributed by atoms with E-state index in [9.17, 15) is 14.3 Å². The van der Waals surface area contributed by atoms with E-state index in [0.717, 1.165) is 39.9 Å². The van der Waals surface area contributed by atoms with Crippen molar-refractivity contribution in [1.82, 2.24) is 14.8 Å². The number of aryl methyl sites for hydroxylation is 1. The maximum Gasteiger partial charge on any atom is 0.335 e. The number of halogens is 1. The number of methoxy groups -OCH3 is 1.